The summed E-state index contributed by atoms with van der Waals surface area (Å²) >= 11 is 6.49. The number of carbonyl (C=O) groups excluding carboxylic acids is 2. The number of hydrogen-bond donors (Lipinski definition) is 1. The number of aromatic nitrogens is 6. The van der Waals surface area contributed by atoms with Crippen LogP contribution in [0.2, 0.25) is 5.15 Å². The van der Waals surface area contributed by atoms with Crippen LogP contribution in [0.25, 0.3) is 22.5 Å². The molecule has 4 rings (SSSR count). The number of tetrazole rings is 1. The fraction of sp³-hybridized carbons (Fsp3) is 0.455. The van der Waals surface area contributed by atoms with Crippen LogP contribution in [0.1, 0.15) is 75.8 Å². The number of esters is 1. The molecule has 0 bridgehead atoms. The highest BCUT2D eigenvalue weighted by Gasteiger charge is 2.27. The Labute approximate surface area is 294 Å². The van der Waals surface area contributed by atoms with Crippen molar-refractivity contribution in [2.45, 2.75) is 78.7 Å². The maximum atomic E-state index is 13.4. The highest BCUT2D eigenvalue weighted by Crippen LogP contribution is 2.30. The van der Waals surface area contributed by atoms with E-state index in [4.69, 9.17) is 30.6 Å². The number of nitrogens with zero attached hydrogens (tertiary/aromatic N) is 8. The van der Waals surface area contributed by atoms with E-state index in [-0.39, 0.29) is 30.5 Å². The molecule has 0 amide bonds. The van der Waals surface area contributed by atoms with Crippen LogP contribution in [0.15, 0.2) is 53.8 Å². The standard InChI is InChI=1S/C33H42ClN9O7/c1-7-8-14-27-35-29(34)28(31(44)49-22(2)50-32(45)47-19-11-20-48-40-43(46)41(6)33(3,4)5)42(27)21-23-15-17-24(18-16-23)25-12-9-10-13-26(25)30-36-38-39-37-30/h9-10,12-13,15-18,22H,7-8,11,14,19-21H2,1-6H3,(H,36,37,38,39)/b43-40-. The molecular weight excluding hydrogens is 670 g/mol. The second-order valence-electron chi connectivity index (χ2n) is 12.3. The SMILES string of the molecule is CCCCc1nc(Cl)c(C(=O)OC(C)OC(=O)OCCCO/N=[N+](\[O-])N(C)C(C)(C)C)n1Cc1ccc(-c2ccccc2-c2nnn[nH]2)cc1. The predicted octanol–water partition coefficient (Wildman–Crippen LogP) is 6.36. The van der Waals surface area contributed by atoms with E-state index in [1.54, 1.807) is 11.6 Å². The van der Waals surface area contributed by atoms with Crippen molar-refractivity contribution in [3.05, 3.63) is 76.0 Å². The molecule has 1 N–H and O–H groups in total. The first kappa shape index (κ1) is 37.6. The van der Waals surface area contributed by atoms with Gasteiger partial charge in [-0.2, -0.15) is 0 Å². The van der Waals surface area contributed by atoms with Gasteiger partial charge in [-0.05, 0) is 54.3 Å². The summed E-state index contributed by atoms with van der Waals surface area (Å²) < 4.78 is 17.3. The van der Waals surface area contributed by atoms with Crippen LogP contribution < -0.4 is 0 Å². The Kier molecular flexibility index (Phi) is 13.1. The number of imidazole rings is 1. The molecule has 1 unspecified atom stereocenters. The van der Waals surface area contributed by atoms with Gasteiger partial charge in [0.1, 0.15) is 12.4 Å². The summed E-state index contributed by atoms with van der Waals surface area (Å²) in [4.78, 5) is 35.4. The van der Waals surface area contributed by atoms with Gasteiger partial charge in [0, 0.05) is 31.9 Å². The van der Waals surface area contributed by atoms with Gasteiger partial charge < -0.3 is 28.8 Å². The molecule has 0 aliphatic heterocycles. The third-order valence-corrected chi connectivity index (χ3v) is 7.84. The monoisotopic (exact) mass is 711 g/mol. The minimum atomic E-state index is -1.29. The van der Waals surface area contributed by atoms with Crippen molar-refractivity contribution in [2.75, 3.05) is 20.3 Å². The molecule has 0 aliphatic rings. The number of aromatic amines is 1. The molecule has 0 spiro atoms. The Morgan fingerprint density at radius 2 is 1.80 bits per heavy atom. The van der Waals surface area contributed by atoms with E-state index >= 15 is 0 Å². The number of ether oxygens (including phenoxy) is 3. The third-order valence-electron chi connectivity index (χ3n) is 7.57. The zero-order chi connectivity index (χ0) is 36.3. The van der Waals surface area contributed by atoms with E-state index in [0.717, 1.165) is 35.1 Å². The zero-order valence-electron chi connectivity index (χ0n) is 29.0. The van der Waals surface area contributed by atoms with Gasteiger partial charge in [-0.15, -0.1) is 10.1 Å². The van der Waals surface area contributed by atoms with E-state index in [1.807, 2.05) is 69.3 Å². The lowest BCUT2D eigenvalue weighted by Crippen LogP contribution is -2.42. The van der Waals surface area contributed by atoms with E-state index < -0.39 is 24.0 Å². The van der Waals surface area contributed by atoms with Crippen molar-refractivity contribution < 1.29 is 33.6 Å². The Hall–Kier alpha value is -5.25. The van der Waals surface area contributed by atoms with Crippen LogP contribution in [0.4, 0.5) is 4.79 Å². The molecule has 0 fully saturated rings. The Morgan fingerprint density at radius 3 is 2.46 bits per heavy atom. The average molecular weight is 712 g/mol. The van der Waals surface area contributed by atoms with Crippen molar-refractivity contribution in [3.63, 3.8) is 0 Å². The van der Waals surface area contributed by atoms with Gasteiger partial charge >= 0.3 is 12.1 Å². The van der Waals surface area contributed by atoms with E-state index in [1.165, 1.54) is 11.9 Å². The largest absolute Gasteiger partial charge is 0.569 e. The van der Waals surface area contributed by atoms with E-state index in [9.17, 15) is 14.8 Å². The first-order valence-corrected chi connectivity index (χ1v) is 16.5. The van der Waals surface area contributed by atoms with Gasteiger partial charge in [0.05, 0.1) is 24.2 Å². The second-order valence-corrected chi connectivity index (χ2v) is 12.6. The van der Waals surface area contributed by atoms with Crippen LogP contribution in [0.3, 0.4) is 0 Å². The van der Waals surface area contributed by atoms with Crippen molar-refractivity contribution in [1.82, 2.24) is 35.2 Å². The number of halogens is 1. The lowest BCUT2D eigenvalue weighted by atomic mass is 9.98. The molecule has 16 nitrogen and oxygen atoms in total. The van der Waals surface area contributed by atoms with Gasteiger partial charge in [0.15, 0.2) is 16.7 Å². The highest BCUT2D eigenvalue weighted by molar-refractivity contribution is 6.32. The third kappa shape index (κ3) is 10.1. The number of unbranched alkanes of at least 4 members (excludes halogenated alkanes) is 1. The summed E-state index contributed by atoms with van der Waals surface area (Å²) in [6.45, 7) is 9.22. The molecule has 1 atom stereocenters. The molecule has 50 heavy (non-hydrogen) atoms. The summed E-state index contributed by atoms with van der Waals surface area (Å²) in [7, 11) is 1.58. The summed E-state index contributed by atoms with van der Waals surface area (Å²) in [5.74, 6) is 0.375. The quantitative estimate of drug-likeness (QED) is 0.0339. The first-order valence-electron chi connectivity index (χ1n) is 16.1. The first-order chi connectivity index (χ1) is 23.9. The number of aryl methyl sites for hydroxylation is 1. The molecule has 2 aromatic heterocycles. The minimum absolute atomic E-state index is 0.0159. The number of benzene rings is 2. The normalized spacial score (nSPS) is 12.3. The average Bonchev–Trinajstić information content (AvgIpc) is 3.72. The predicted molar refractivity (Wildman–Crippen MR) is 181 cm³/mol. The Balaban J connectivity index is 1.36. The van der Waals surface area contributed by atoms with Crippen LogP contribution >= 0.6 is 11.6 Å². The summed E-state index contributed by atoms with van der Waals surface area (Å²) in [5, 5.41) is 30.9. The van der Waals surface area contributed by atoms with Gasteiger partial charge in [0.2, 0.25) is 11.6 Å². The molecular formula is C33H42ClN9O7. The number of hydrazine groups is 1. The van der Waals surface area contributed by atoms with Crippen LogP contribution in [-0.2, 0) is 32.0 Å². The second kappa shape index (κ2) is 17.4. The van der Waals surface area contributed by atoms with Gasteiger partial charge in [-0.3, -0.25) is 0 Å². The maximum absolute atomic E-state index is 13.4. The van der Waals surface area contributed by atoms with Crippen molar-refractivity contribution in [1.29, 1.82) is 0 Å². The number of hydrogen-bond acceptors (Lipinski definition) is 12. The van der Waals surface area contributed by atoms with E-state index in [2.05, 4.69) is 37.8 Å². The molecule has 4 aromatic rings. The molecule has 0 saturated heterocycles. The molecule has 0 aliphatic carbocycles. The number of nitrogens with one attached hydrogen (secondary N) is 1. The Morgan fingerprint density at radius 1 is 1.08 bits per heavy atom. The van der Waals surface area contributed by atoms with Gasteiger partial charge in [0.25, 0.3) is 0 Å². The molecule has 0 radical (unpaired) electrons. The van der Waals surface area contributed by atoms with Gasteiger partial charge in [-0.25, -0.2) is 19.7 Å². The fourth-order valence-corrected chi connectivity index (χ4v) is 4.90. The van der Waals surface area contributed by atoms with E-state index in [0.29, 0.717) is 29.6 Å². The summed E-state index contributed by atoms with van der Waals surface area (Å²) in [6.07, 6.45) is 0.239. The minimum Gasteiger partial charge on any atom is -0.569 e. The molecule has 0 saturated carbocycles. The zero-order valence-corrected chi connectivity index (χ0v) is 29.7. The topological polar surface area (TPSA) is 185 Å². The molecule has 2 aromatic carbocycles. The summed E-state index contributed by atoms with van der Waals surface area (Å²) in [5.41, 5.74) is 3.25. The van der Waals surface area contributed by atoms with Gasteiger partial charge in [-0.1, -0.05) is 73.5 Å². The van der Waals surface area contributed by atoms with Crippen molar-refractivity contribution in [3.8, 4) is 22.5 Å². The molecule has 17 heteroatoms. The number of carbonyl (C=O) groups is 2. The lowest BCUT2D eigenvalue weighted by molar-refractivity contribution is -0.719. The Bertz CT molecular complexity index is 1740. The van der Waals surface area contributed by atoms with Crippen LogP contribution in [0, 0.1) is 5.21 Å². The number of rotatable bonds is 16. The maximum Gasteiger partial charge on any atom is 0.511 e. The summed E-state index contributed by atoms with van der Waals surface area (Å²) in [6, 6.07) is 15.7. The fourth-order valence-electron chi connectivity index (χ4n) is 4.63. The van der Waals surface area contributed by atoms with Crippen LogP contribution in [-0.4, -0.2) is 84.4 Å². The smallest absolute Gasteiger partial charge is 0.511 e. The van der Waals surface area contributed by atoms with Crippen LogP contribution in [0.5, 0.6) is 0 Å². The lowest BCUT2D eigenvalue weighted by Gasteiger charge is -2.26. The van der Waals surface area contributed by atoms with Crippen molar-refractivity contribution in [2.24, 2.45) is 5.28 Å². The molecule has 268 valence electrons. The number of H-pyrrole nitrogens is 1. The highest BCUT2D eigenvalue weighted by atomic mass is 35.5. The molecule has 2 heterocycles. The van der Waals surface area contributed by atoms with Crippen molar-refractivity contribution >= 4 is 23.7 Å².